The van der Waals surface area contributed by atoms with Crippen molar-refractivity contribution in [1.29, 1.82) is 0 Å². The molecule has 1 aliphatic heterocycles. The third-order valence-corrected chi connectivity index (χ3v) is 4.17. The van der Waals surface area contributed by atoms with Gasteiger partial charge in [-0.25, -0.2) is 4.79 Å². The number of piperazine rings is 1. The number of nitrogens with one attached hydrogen (secondary N) is 2. The Kier molecular flexibility index (Phi) is 4.26. The van der Waals surface area contributed by atoms with Gasteiger partial charge in [-0.1, -0.05) is 6.07 Å². The molecular weight excluding hydrogens is 266 g/mol. The number of H-pyrrole nitrogens is 2. The van der Waals surface area contributed by atoms with Crippen molar-refractivity contribution in [3.8, 4) is 0 Å². The van der Waals surface area contributed by atoms with Crippen LogP contribution in [0.3, 0.4) is 0 Å². The highest BCUT2D eigenvalue weighted by Gasteiger charge is 2.18. The van der Waals surface area contributed by atoms with E-state index in [1.807, 2.05) is 12.1 Å². The molecule has 21 heavy (non-hydrogen) atoms. The summed E-state index contributed by atoms with van der Waals surface area (Å²) in [5, 5.41) is 0. The van der Waals surface area contributed by atoms with E-state index < -0.39 is 0 Å². The van der Waals surface area contributed by atoms with Crippen LogP contribution in [-0.2, 0) is 0 Å². The van der Waals surface area contributed by atoms with E-state index in [1.165, 1.54) is 6.42 Å². The molecule has 3 rings (SSSR count). The fourth-order valence-corrected chi connectivity index (χ4v) is 3.00. The summed E-state index contributed by atoms with van der Waals surface area (Å²) in [5.41, 5.74) is 8.31. The first-order chi connectivity index (χ1) is 10.3. The van der Waals surface area contributed by atoms with Gasteiger partial charge in [0.15, 0.2) is 0 Å². The van der Waals surface area contributed by atoms with Gasteiger partial charge < -0.3 is 20.6 Å². The van der Waals surface area contributed by atoms with Gasteiger partial charge in [0.05, 0.1) is 16.7 Å². The number of para-hydroxylation sites is 1. The predicted octanol–water partition coefficient (Wildman–Crippen LogP) is 0.717. The van der Waals surface area contributed by atoms with Gasteiger partial charge in [0.1, 0.15) is 0 Å². The highest BCUT2D eigenvalue weighted by molar-refractivity contribution is 5.88. The Morgan fingerprint density at radius 2 is 1.90 bits per heavy atom. The number of rotatable bonds is 5. The van der Waals surface area contributed by atoms with Crippen molar-refractivity contribution in [2.75, 3.05) is 44.2 Å². The molecule has 1 aliphatic rings. The Balaban J connectivity index is 1.67. The van der Waals surface area contributed by atoms with E-state index in [-0.39, 0.29) is 5.69 Å². The Morgan fingerprint density at radius 1 is 1.10 bits per heavy atom. The topological polar surface area (TPSA) is 81.2 Å². The molecule has 6 heteroatoms. The molecule has 1 aromatic heterocycles. The van der Waals surface area contributed by atoms with Crippen molar-refractivity contribution < 1.29 is 0 Å². The van der Waals surface area contributed by atoms with Crippen molar-refractivity contribution in [1.82, 2.24) is 14.9 Å². The van der Waals surface area contributed by atoms with Crippen LogP contribution in [0.1, 0.15) is 12.8 Å². The largest absolute Gasteiger partial charge is 0.367 e. The molecule has 0 spiro atoms. The highest BCUT2D eigenvalue weighted by Crippen LogP contribution is 2.24. The van der Waals surface area contributed by atoms with Crippen LogP contribution in [0.25, 0.3) is 11.0 Å². The van der Waals surface area contributed by atoms with Crippen LogP contribution in [0.5, 0.6) is 0 Å². The minimum Gasteiger partial charge on any atom is -0.367 e. The minimum atomic E-state index is -0.141. The fourth-order valence-electron chi connectivity index (χ4n) is 3.00. The lowest BCUT2D eigenvalue weighted by molar-refractivity contribution is 0.253. The van der Waals surface area contributed by atoms with Crippen molar-refractivity contribution in [3.63, 3.8) is 0 Å². The van der Waals surface area contributed by atoms with E-state index in [1.54, 1.807) is 0 Å². The first-order valence-electron chi connectivity index (χ1n) is 7.66. The zero-order valence-electron chi connectivity index (χ0n) is 12.3. The number of hydrogen-bond donors (Lipinski definition) is 3. The molecule has 4 N–H and O–H groups in total. The first-order valence-corrected chi connectivity index (χ1v) is 7.66. The van der Waals surface area contributed by atoms with Gasteiger partial charge in [-0.05, 0) is 38.1 Å². The van der Waals surface area contributed by atoms with Crippen LogP contribution in [0, 0.1) is 0 Å². The van der Waals surface area contributed by atoms with Gasteiger partial charge in [-0.15, -0.1) is 0 Å². The number of unbranched alkanes of at least 4 members (excludes halogenated alkanes) is 1. The number of nitrogens with two attached hydrogens (primary N) is 1. The third-order valence-electron chi connectivity index (χ3n) is 4.17. The maximum atomic E-state index is 11.5. The molecule has 1 aromatic carbocycles. The lowest BCUT2D eigenvalue weighted by Gasteiger charge is -2.36. The maximum Gasteiger partial charge on any atom is 0.323 e. The second-order valence-corrected chi connectivity index (χ2v) is 5.60. The van der Waals surface area contributed by atoms with E-state index >= 15 is 0 Å². The monoisotopic (exact) mass is 289 g/mol. The Hall–Kier alpha value is -1.79. The molecule has 114 valence electrons. The van der Waals surface area contributed by atoms with Crippen molar-refractivity contribution >= 4 is 16.7 Å². The van der Waals surface area contributed by atoms with E-state index in [0.29, 0.717) is 0 Å². The average Bonchev–Trinajstić information content (AvgIpc) is 2.88. The highest BCUT2D eigenvalue weighted by atomic mass is 16.1. The summed E-state index contributed by atoms with van der Waals surface area (Å²) >= 11 is 0. The molecule has 6 nitrogen and oxygen atoms in total. The number of aromatic amines is 2. The molecular formula is C15H23N5O. The van der Waals surface area contributed by atoms with E-state index in [4.69, 9.17) is 5.73 Å². The van der Waals surface area contributed by atoms with Gasteiger partial charge in [0.2, 0.25) is 0 Å². The molecule has 1 saturated heterocycles. The maximum absolute atomic E-state index is 11.5. The fraction of sp³-hybridized carbons (Fsp3) is 0.533. The first kappa shape index (κ1) is 14.2. The molecule has 2 aromatic rings. The molecule has 1 fully saturated rings. The van der Waals surface area contributed by atoms with Gasteiger partial charge in [-0.2, -0.15) is 0 Å². The third kappa shape index (κ3) is 3.11. The summed E-state index contributed by atoms with van der Waals surface area (Å²) in [7, 11) is 0. The van der Waals surface area contributed by atoms with Gasteiger partial charge in [0.25, 0.3) is 0 Å². The van der Waals surface area contributed by atoms with E-state index in [2.05, 4.69) is 25.8 Å². The molecule has 0 radical (unpaired) electrons. The smallest absolute Gasteiger partial charge is 0.323 e. The number of anilines is 1. The normalized spacial score (nSPS) is 16.7. The summed E-state index contributed by atoms with van der Waals surface area (Å²) < 4.78 is 0. The molecule has 0 atom stereocenters. The lowest BCUT2D eigenvalue weighted by atomic mass is 10.2. The second-order valence-electron chi connectivity index (χ2n) is 5.60. The molecule has 0 aliphatic carbocycles. The quantitative estimate of drug-likeness (QED) is 0.708. The summed E-state index contributed by atoms with van der Waals surface area (Å²) in [6.45, 7) is 6.04. The predicted molar refractivity (Wildman–Crippen MR) is 85.9 cm³/mol. The van der Waals surface area contributed by atoms with Gasteiger partial charge in [0, 0.05) is 26.2 Å². The summed E-state index contributed by atoms with van der Waals surface area (Å²) in [4.78, 5) is 22.0. The van der Waals surface area contributed by atoms with Gasteiger partial charge >= 0.3 is 5.69 Å². The van der Waals surface area contributed by atoms with Crippen LogP contribution in [0.2, 0.25) is 0 Å². The number of aromatic nitrogens is 2. The zero-order valence-corrected chi connectivity index (χ0v) is 12.3. The number of nitrogens with zero attached hydrogens (tertiary/aromatic N) is 2. The SMILES string of the molecule is NCCCCN1CCN(c2cccc3[nH]c(=O)[nH]c23)CC1. The van der Waals surface area contributed by atoms with Crippen LogP contribution in [0.4, 0.5) is 5.69 Å². The van der Waals surface area contributed by atoms with Crippen molar-refractivity contribution in [2.45, 2.75) is 12.8 Å². The Bertz CT molecular complexity index is 639. The number of imidazole rings is 1. The number of hydrogen-bond acceptors (Lipinski definition) is 4. The molecule has 0 saturated carbocycles. The molecule has 0 amide bonds. The summed E-state index contributed by atoms with van der Waals surface area (Å²) in [6.07, 6.45) is 2.28. The average molecular weight is 289 g/mol. The molecule has 0 unspecified atom stereocenters. The standard InChI is InChI=1S/C15H23N5O/c16-6-1-2-7-19-8-10-20(11-9-19)13-5-3-4-12-14(13)18-15(21)17-12/h3-5H,1-2,6-11,16H2,(H2,17,18,21). The van der Waals surface area contributed by atoms with Crippen LogP contribution >= 0.6 is 0 Å². The number of fused-ring (bicyclic) bond motifs is 1. The summed E-state index contributed by atoms with van der Waals surface area (Å²) in [6, 6.07) is 6.01. The van der Waals surface area contributed by atoms with E-state index in [0.717, 1.165) is 62.4 Å². The Morgan fingerprint density at radius 3 is 2.67 bits per heavy atom. The zero-order chi connectivity index (χ0) is 14.7. The summed E-state index contributed by atoms with van der Waals surface area (Å²) in [5.74, 6) is 0. The second kappa shape index (κ2) is 6.32. The van der Waals surface area contributed by atoms with Crippen molar-refractivity contribution in [3.05, 3.63) is 28.7 Å². The van der Waals surface area contributed by atoms with Crippen molar-refractivity contribution in [2.24, 2.45) is 5.73 Å². The van der Waals surface area contributed by atoms with Gasteiger partial charge in [-0.3, -0.25) is 4.90 Å². The Labute approximate surface area is 123 Å². The molecule has 2 heterocycles. The lowest BCUT2D eigenvalue weighted by Crippen LogP contribution is -2.46. The van der Waals surface area contributed by atoms with Crippen LogP contribution < -0.4 is 16.3 Å². The van der Waals surface area contributed by atoms with Crippen LogP contribution in [-0.4, -0.2) is 54.1 Å². The molecule has 0 bridgehead atoms. The number of benzene rings is 1. The van der Waals surface area contributed by atoms with Crippen LogP contribution in [0.15, 0.2) is 23.0 Å². The van der Waals surface area contributed by atoms with E-state index in [9.17, 15) is 4.79 Å². The minimum absolute atomic E-state index is 0.141.